The number of anilines is 1. The zero-order chi connectivity index (χ0) is 15.0. The van der Waals surface area contributed by atoms with Crippen LogP contribution in [0, 0.1) is 5.41 Å². The van der Waals surface area contributed by atoms with Crippen molar-refractivity contribution in [2.75, 3.05) is 18.0 Å². The Kier molecular flexibility index (Phi) is 6.56. The first-order valence-electron chi connectivity index (χ1n) is 7.51. The molecule has 1 rings (SSSR count). The van der Waals surface area contributed by atoms with Crippen LogP contribution in [0.3, 0.4) is 0 Å². The predicted molar refractivity (Wildman–Crippen MR) is 84.2 cm³/mol. The molecule has 0 radical (unpaired) electrons. The molecule has 0 aliphatic heterocycles. The molecule has 0 atom stereocenters. The second-order valence-corrected chi connectivity index (χ2v) is 5.97. The van der Waals surface area contributed by atoms with Crippen LogP contribution in [0.1, 0.15) is 46.5 Å². The van der Waals surface area contributed by atoms with Gasteiger partial charge in [-0.05, 0) is 45.2 Å². The van der Waals surface area contributed by atoms with Crippen molar-refractivity contribution in [3.8, 4) is 0 Å². The first-order valence-corrected chi connectivity index (χ1v) is 7.51. The molecule has 3 nitrogen and oxygen atoms in total. The Morgan fingerprint density at radius 1 is 1.15 bits per heavy atom. The number of hydrogen-bond acceptors (Lipinski definition) is 2. The molecule has 0 aliphatic carbocycles. The predicted octanol–water partition coefficient (Wildman–Crippen LogP) is 4.18. The molecule has 0 aliphatic rings. The number of aliphatic carboxylic acids is 1. The fourth-order valence-corrected chi connectivity index (χ4v) is 2.18. The van der Waals surface area contributed by atoms with Crippen molar-refractivity contribution in [3.63, 3.8) is 0 Å². The average molecular weight is 277 g/mol. The van der Waals surface area contributed by atoms with Gasteiger partial charge in [0.25, 0.3) is 0 Å². The summed E-state index contributed by atoms with van der Waals surface area (Å²) in [7, 11) is 0. The zero-order valence-electron chi connectivity index (χ0n) is 12.9. The van der Waals surface area contributed by atoms with Crippen molar-refractivity contribution in [2.24, 2.45) is 5.41 Å². The van der Waals surface area contributed by atoms with E-state index in [0.29, 0.717) is 6.42 Å². The summed E-state index contributed by atoms with van der Waals surface area (Å²) in [6.07, 6.45) is 3.94. The lowest BCUT2D eigenvalue weighted by molar-refractivity contribution is -0.147. The molecule has 20 heavy (non-hydrogen) atoms. The summed E-state index contributed by atoms with van der Waals surface area (Å²) in [4.78, 5) is 13.5. The molecule has 0 unspecified atom stereocenters. The van der Waals surface area contributed by atoms with Crippen LogP contribution in [0.5, 0.6) is 0 Å². The van der Waals surface area contributed by atoms with Gasteiger partial charge in [0.2, 0.25) is 0 Å². The van der Waals surface area contributed by atoms with Gasteiger partial charge in [-0.2, -0.15) is 0 Å². The molecule has 112 valence electrons. The summed E-state index contributed by atoms with van der Waals surface area (Å²) < 4.78 is 0. The van der Waals surface area contributed by atoms with E-state index in [1.54, 1.807) is 13.8 Å². The van der Waals surface area contributed by atoms with E-state index in [1.165, 1.54) is 12.1 Å². The lowest BCUT2D eigenvalue weighted by Gasteiger charge is -2.26. The second kappa shape index (κ2) is 7.93. The average Bonchev–Trinajstić information content (AvgIpc) is 2.43. The molecule has 0 saturated carbocycles. The molecule has 1 aromatic carbocycles. The molecular weight excluding hydrogens is 250 g/mol. The molecule has 0 bridgehead atoms. The van der Waals surface area contributed by atoms with E-state index in [4.69, 9.17) is 5.11 Å². The van der Waals surface area contributed by atoms with Crippen LogP contribution in [0.25, 0.3) is 0 Å². The maximum absolute atomic E-state index is 11.1. The highest BCUT2D eigenvalue weighted by atomic mass is 16.4. The first kappa shape index (κ1) is 16.5. The van der Waals surface area contributed by atoms with Crippen LogP contribution < -0.4 is 4.90 Å². The van der Waals surface area contributed by atoms with Crippen LogP contribution in [0.15, 0.2) is 30.3 Å². The summed E-state index contributed by atoms with van der Waals surface area (Å²) in [5.41, 5.74) is 0.599. The Labute approximate surface area is 122 Å². The fraction of sp³-hybridized carbons (Fsp3) is 0.588. The third kappa shape index (κ3) is 5.24. The number of unbranched alkanes of at least 4 members (excludes halogenated alkanes) is 1. The molecule has 0 heterocycles. The van der Waals surface area contributed by atoms with Crippen molar-refractivity contribution < 1.29 is 9.90 Å². The lowest BCUT2D eigenvalue weighted by atomic mass is 9.88. The molecule has 1 aromatic rings. The molecule has 0 saturated heterocycles. The van der Waals surface area contributed by atoms with Gasteiger partial charge < -0.3 is 10.0 Å². The maximum Gasteiger partial charge on any atom is 0.309 e. The first-order chi connectivity index (χ1) is 9.47. The van der Waals surface area contributed by atoms with Crippen LogP contribution in [0.4, 0.5) is 5.69 Å². The van der Waals surface area contributed by atoms with Crippen LogP contribution in [0.2, 0.25) is 0 Å². The minimum Gasteiger partial charge on any atom is -0.481 e. The van der Waals surface area contributed by atoms with Crippen molar-refractivity contribution >= 4 is 11.7 Å². The molecule has 3 heteroatoms. The fourth-order valence-electron chi connectivity index (χ4n) is 2.18. The van der Waals surface area contributed by atoms with Crippen molar-refractivity contribution in [1.82, 2.24) is 0 Å². The molecule has 0 fully saturated rings. The van der Waals surface area contributed by atoms with E-state index in [1.807, 2.05) is 6.07 Å². The SMILES string of the molecule is CCCCN(CCCC(C)(C)C(=O)O)c1ccccc1. The van der Waals surface area contributed by atoms with Gasteiger partial charge in [0.05, 0.1) is 5.41 Å². The topological polar surface area (TPSA) is 40.5 Å². The molecule has 1 N–H and O–H groups in total. The van der Waals surface area contributed by atoms with Crippen molar-refractivity contribution in [3.05, 3.63) is 30.3 Å². The summed E-state index contributed by atoms with van der Waals surface area (Å²) in [6.45, 7) is 7.74. The Bertz CT molecular complexity index is 401. The number of rotatable bonds is 9. The Balaban J connectivity index is 2.56. The van der Waals surface area contributed by atoms with Crippen molar-refractivity contribution in [2.45, 2.75) is 46.5 Å². The summed E-state index contributed by atoms with van der Waals surface area (Å²) in [6, 6.07) is 10.4. The second-order valence-electron chi connectivity index (χ2n) is 5.97. The zero-order valence-corrected chi connectivity index (χ0v) is 12.9. The van der Waals surface area contributed by atoms with Gasteiger partial charge in [-0.15, -0.1) is 0 Å². The number of para-hydroxylation sites is 1. The third-order valence-corrected chi connectivity index (χ3v) is 3.71. The molecular formula is C17H27NO2. The highest BCUT2D eigenvalue weighted by Gasteiger charge is 2.26. The summed E-state index contributed by atoms with van der Waals surface area (Å²) in [5.74, 6) is -0.711. The van der Waals surface area contributed by atoms with Gasteiger partial charge in [0, 0.05) is 18.8 Å². The van der Waals surface area contributed by atoms with Crippen LogP contribution >= 0.6 is 0 Å². The van der Waals surface area contributed by atoms with Gasteiger partial charge in [0.1, 0.15) is 0 Å². The monoisotopic (exact) mass is 277 g/mol. The number of carboxylic acids is 1. The van der Waals surface area contributed by atoms with E-state index >= 15 is 0 Å². The van der Waals surface area contributed by atoms with E-state index in [9.17, 15) is 4.79 Å². The number of hydrogen-bond donors (Lipinski definition) is 1. The minimum absolute atomic E-state index is 0.632. The Morgan fingerprint density at radius 3 is 2.30 bits per heavy atom. The van der Waals surface area contributed by atoms with Gasteiger partial charge in [-0.1, -0.05) is 31.5 Å². The van der Waals surface area contributed by atoms with Crippen molar-refractivity contribution in [1.29, 1.82) is 0 Å². The summed E-state index contributed by atoms with van der Waals surface area (Å²) in [5, 5.41) is 9.15. The van der Waals surface area contributed by atoms with E-state index in [0.717, 1.165) is 25.9 Å². The molecule has 0 aromatic heterocycles. The Hall–Kier alpha value is -1.51. The van der Waals surface area contributed by atoms with E-state index < -0.39 is 11.4 Å². The third-order valence-electron chi connectivity index (χ3n) is 3.71. The van der Waals surface area contributed by atoms with Crippen LogP contribution in [-0.4, -0.2) is 24.2 Å². The molecule has 0 amide bonds. The largest absolute Gasteiger partial charge is 0.481 e. The highest BCUT2D eigenvalue weighted by Crippen LogP contribution is 2.23. The minimum atomic E-state index is -0.711. The van der Waals surface area contributed by atoms with Gasteiger partial charge >= 0.3 is 5.97 Å². The van der Waals surface area contributed by atoms with E-state index in [-0.39, 0.29) is 0 Å². The lowest BCUT2D eigenvalue weighted by Crippen LogP contribution is -2.29. The normalized spacial score (nSPS) is 11.3. The Morgan fingerprint density at radius 2 is 1.75 bits per heavy atom. The summed E-state index contributed by atoms with van der Waals surface area (Å²) >= 11 is 0. The number of benzene rings is 1. The number of carbonyl (C=O) groups is 1. The van der Waals surface area contributed by atoms with Gasteiger partial charge in [-0.25, -0.2) is 0 Å². The smallest absolute Gasteiger partial charge is 0.309 e. The highest BCUT2D eigenvalue weighted by molar-refractivity contribution is 5.73. The standard InChI is InChI=1S/C17H27NO2/c1-4-5-13-18(15-10-7-6-8-11-15)14-9-12-17(2,3)16(19)20/h6-8,10-11H,4-5,9,12-14H2,1-3H3,(H,19,20). The number of nitrogens with zero attached hydrogens (tertiary/aromatic N) is 1. The van der Waals surface area contributed by atoms with Gasteiger partial charge in [-0.3, -0.25) is 4.79 Å². The van der Waals surface area contributed by atoms with E-state index in [2.05, 4.69) is 36.1 Å². The quantitative estimate of drug-likeness (QED) is 0.736. The van der Waals surface area contributed by atoms with Gasteiger partial charge in [0.15, 0.2) is 0 Å². The number of carboxylic acid groups (broad SMARTS) is 1. The van der Waals surface area contributed by atoms with Crippen LogP contribution in [-0.2, 0) is 4.79 Å². The molecule has 0 spiro atoms. The maximum atomic E-state index is 11.1.